The maximum absolute atomic E-state index is 5.59. The fraction of sp³-hybridized carbons (Fsp3) is 0.500. The van der Waals surface area contributed by atoms with E-state index in [-0.39, 0.29) is 0 Å². The molecule has 0 bridgehead atoms. The Balaban J connectivity index is 3.40. The molecule has 0 saturated carbocycles. The van der Waals surface area contributed by atoms with Crippen LogP contribution in [0.15, 0.2) is 24.3 Å². The van der Waals surface area contributed by atoms with Crippen LogP contribution in [-0.2, 0) is 0 Å². The summed E-state index contributed by atoms with van der Waals surface area (Å²) in [5, 5.41) is 0. The fourth-order valence-electron chi connectivity index (χ4n) is 0.617. The van der Waals surface area contributed by atoms with E-state index in [4.69, 9.17) is 11.8 Å². The van der Waals surface area contributed by atoms with Crippen molar-refractivity contribution >= 4 is 11.8 Å². The second kappa shape index (κ2) is 5.51. The highest BCUT2D eigenvalue weighted by atomic mass is 35.5. The Morgan fingerprint density at radius 1 is 1.70 bits per heavy atom. The molecule has 0 amide bonds. The molecule has 0 aliphatic rings. The summed E-state index contributed by atoms with van der Waals surface area (Å²) in [4.78, 5) is 0. The average Bonchev–Trinajstić information content (AvgIpc) is 1.85. The van der Waals surface area contributed by atoms with Crippen molar-refractivity contribution in [1.82, 2.24) is 4.42 Å². The molecule has 2 heteroatoms. The zero-order valence-electron chi connectivity index (χ0n) is 6.60. The molecule has 0 aromatic rings. The molecular formula is C8H14ClN. The van der Waals surface area contributed by atoms with Gasteiger partial charge in [-0.05, 0) is 25.1 Å². The van der Waals surface area contributed by atoms with Crippen molar-refractivity contribution in [3.05, 3.63) is 24.3 Å². The Labute approximate surface area is 68.1 Å². The van der Waals surface area contributed by atoms with E-state index in [1.165, 1.54) is 0 Å². The standard InChI is InChI=1S/C8H14ClN/c1-4-5-8(2)6-7-10(3)9/h4-5H,2,6-7H2,1,3H3/b5-4-. The maximum atomic E-state index is 5.59. The lowest BCUT2D eigenvalue weighted by molar-refractivity contribution is 0.552. The van der Waals surface area contributed by atoms with Crippen LogP contribution in [0.4, 0.5) is 0 Å². The van der Waals surface area contributed by atoms with Gasteiger partial charge in [-0.3, -0.25) is 0 Å². The summed E-state index contributed by atoms with van der Waals surface area (Å²) < 4.78 is 1.63. The van der Waals surface area contributed by atoms with E-state index in [0.717, 1.165) is 18.5 Å². The van der Waals surface area contributed by atoms with E-state index >= 15 is 0 Å². The summed E-state index contributed by atoms with van der Waals surface area (Å²) in [7, 11) is 1.84. The zero-order chi connectivity index (χ0) is 7.98. The van der Waals surface area contributed by atoms with Crippen LogP contribution in [0.25, 0.3) is 0 Å². The predicted molar refractivity (Wildman–Crippen MR) is 47.1 cm³/mol. The predicted octanol–water partition coefficient (Wildman–Crippen LogP) is 2.59. The van der Waals surface area contributed by atoms with Gasteiger partial charge in [-0.25, -0.2) is 4.42 Å². The van der Waals surface area contributed by atoms with Gasteiger partial charge in [-0.1, -0.05) is 24.3 Å². The molecule has 0 aromatic carbocycles. The summed E-state index contributed by atoms with van der Waals surface area (Å²) in [6.45, 7) is 6.68. The second-order valence-electron chi connectivity index (χ2n) is 2.24. The average molecular weight is 160 g/mol. The largest absolute Gasteiger partial charge is 0.223 e. The van der Waals surface area contributed by atoms with Gasteiger partial charge in [0.25, 0.3) is 0 Å². The Kier molecular flexibility index (Phi) is 5.36. The highest BCUT2D eigenvalue weighted by Gasteiger charge is 1.92. The van der Waals surface area contributed by atoms with E-state index in [1.54, 1.807) is 4.42 Å². The van der Waals surface area contributed by atoms with Crippen molar-refractivity contribution in [3.8, 4) is 0 Å². The topological polar surface area (TPSA) is 3.24 Å². The minimum Gasteiger partial charge on any atom is -0.223 e. The van der Waals surface area contributed by atoms with Gasteiger partial charge in [0.1, 0.15) is 0 Å². The lowest BCUT2D eigenvalue weighted by Gasteiger charge is -2.05. The molecule has 10 heavy (non-hydrogen) atoms. The molecule has 0 unspecified atom stereocenters. The van der Waals surface area contributed by atoms with Crippen molar-refractivity contribution in [2.45, 2.75) is 13.3 Å². The third kappa shape index (κ3) is 5.86. The van der Waals surface area contributed by atoms with Crippen molar-refractivity contribution in [2.75, 3.05) is 13.6 Å². The molecule has 0 saturated heterocycles. The maximum Gasteiger partial charge on any atom is 0.0176 e. The van der Waals surface area contributed by atoms with Crippen molar-refractivity contribution in [3.63, 3.8) is 0 Å². The molecule has 58 valence electrons. The molecule has 1 nitrogen and oxygen atoms in total. The highest BCUT2D eigenvalue weighted by molar-refractivity contribution is 6.13. The number of hydrogen-bond donors (Lipinski definition) is 0. The van der Waals surface area contributed by atoms with Gasteiger partial charge < -0.3 is 0 Å². The number of hydrogen-bond acceptors (Lipinski definition) is 1. The number of rotatable bonds is 4. The first-order chi connectivity index (χ1) is 4.66. The van der Waals surface area contributed by atoms with Crippen LogP contribution in [0, 0.1) is 0 Å². The fourth-order valence-corrected chi connectivity index (χ4v) is 0.701. The van der Waals surface area contributed by atoms with Gasteiger partial charge in [0.15, 0.2) is 0 Å². The summed E-state index contributed by atoms with van der Waals surface area (Å²) >= 11 is 5.59. The molecule has 0 N–H and O–H groups in total. The second-order valence-corrected chi connectivity index (χ2v) is 2.81. The molecule has 0 aliphatic heterocycles. The van der Waals surface area contributed by atoms with Gasteiger partial charge in [-0.15, -0.1) is 0 Å². The summed E-state index contributed by atoms with van der Waals surface area (Å²) in [5.41, 5.74) is 1.12. The molecule has 0 atom stereocenters. The van der Waals surface area contributed by atoms with E-state index in [1.807, 2.05) is 26.1 Å². The minimum atomic E-state index is 0.852. The van der Waals surface area contributed by atoms with Crippen molar-refractivity contribution < 1.29 is 0 Å². The Morgan fingerprint density at radius 3 is 2.70 bits per heavy atom. The molecule has 0 spiro atoms. The minimum absolute atomic E-state index is 0.852. The van der Waals surface area contributed by atoms with Crippen LogP contribution in [0.5, 0.6) is 0 Å². The molecule has 0 radical (unpaired) electrons. The quantitative estimate of drug-likeness (QED) is 0.450. The molecule has 0 fully saturated rings. The third-order valence-corrected chi connectivity index (χ3v) is 1.31. The lowest BCUT2D eigenvalue weighted by Crippen LogP contribution is -2.06. The first-order valence-electron chi connectivity index (χ1n) is 3.34. The molecule has 0 rings (SSSR count). The van der Waals surface area contributed by atoms with Crippen LogP contribution in [0.2, 0.25) is 0 Å². The number of nitrogens with zero attached hydrogens (tertiary/aromatic N) is 1. The zero-order valence-corrected chi connectivity index (χ0v) is 7.36. The lowest BCUT2D eigenvalue weighted by atomic mass is 10.2. The normalized spacial score (nSPS) is 11.2. The van der Waals surface area contributed by atoms with Crippen molar-refractivity contribution in [1.29, 1.82) is 0 Å². The van der Waals surface area contributed by atoms with Crippen LogP contribution in [-0.4, -0.2) is 18.0 Å². The molecule has 0 heterocycles. The van der Waals surface area contributed by atoms with E-state index in [2.05, 4.69) is 6.58 Å². The van der Waals surface area contributed by atoms with Gasteiger partial charge in [0.05, 0.1) is 0 Å². The smallest absolute Gasteiger partial charge is 0.0176 e. The molecular weight excluding hydrogens is 146 g/mol. The number of halogens is 1. The Hall–Kier alpha value is -0.270. The van der Waals surface area contributed by atoms with Gasteiger partial charge >= 0.3 is 0 Å². The van der Waals surface area contributed by atoms with Gasteiger partial charge in [0, 0.05) is 13.6 Å². The van der Waals surface area contributed by atoms with Crippen LogP contribution < -0.4 is 0 Å². The molecule has 0 aromatic heterocycles. The highest BCUT2D eigenvalue weighted by Crippen LogP contribution is 2.01. The van der Waals surface area contributed by atoms with Crippen molar-refractivity contribution in [2.24, 2.45) is 0 Å². The monoisotopic (exact) mass is 159 g/mol. The first kappa shape index (κ1) is 9.73. The van der Waals surface area contributed by atoms with E-state index in [9.17, 15) is 0 Å². The molecule has 0 aliphatic carbocycles. The van der Waals surface area contributed by atoms with E-state index in [0.29, 0.717) is 0 Å². The summed E-state index contributed by atoms with van der Waals surface area (Å²) in [5.74, 6) is 0. The first-order valence-corrected chi connectivity index (χ1v) is 3.68. The van der Waals surface area contributed by atoms with Crippen LogP contribution in [0.3, 0.4) is 0 Å². The van der Waals surface area contributed by atoms with Crippen LogP contribution >= 0.6 is 11.8 Å². The SMILES string of the molecule is C=C(/C=C\C)CCN(C)Cl. The Bertz CT molecular complexity index is 127. The summed E-state index contributed by atoms with van der Waals surface area (Å²) in [6, 6.07) is 0. The summed E-state index contributed by atoms with van der Waals surface area (Å²) in [6.07, 6.45) is 4.92. The Morgan fingerprint density at radius 2 is 2.30 bits per heavy atom. The third-order valence-electron chi connectivity index (χ3n) is 1.14. The van der Waals surface area contributed by atoms with Gasteiger partial charge in [0.2, 0.25) is 0 Å². The van der Waals surface area contributed by atoms with Crippen LogP contribution in [0.1, 0.15) is 13.3 Å². The number of allylic oxidation sites excluding steroid dienone is 2. The van der Waals surface area contributed by atoms with Gasteiger partial charge in [-0.2, -0.15) is 0 Å². The van der Waals surface area contributed by atoms with E-state index < -0.39 is 0 Å².